The summed E-state index contributed by atoms with van der Waals surface area (Å²) in [4.78, 5) is 5.59. The van der Waals surface area contributed by atoms with Crippen molar-refractivity contribution < 1.29 is 13.2 Å². The number of aromatic nitrogens is 1. The highest BCUT2D eigenvalue weighted by Gasteiger charge is 2.31. The van der Waals surface area contributed by atoms with E-state index in [1.807, 2.05) is 19.9 Å². The van der Waals surface area contributed by atoms with Gasteiger partial charge in [-0.15, -0.1) is 0 Å². The fraction of sp³-hybridized carbons (Fsp3) is 0.667. The van der Waals surface area contributed by atoms with Gasteiger partial charge >= 0.3 is 6.18 Å². The fourth-order valence-electron chi connectivity index (χ4n) is 2.30. The Hall–Kier alpha value is -1.30. The highest BCUT2D eigenvalue weighted by molar-refractivity contribution is 5.43. The largest absolute Gasteiger partial charge is 0.405 e. The Morgan fingerprint density at radius 3 is 2.62 bits per heavy atom. The van der Waals surface area contributed by atoms with E-state index in [1.54, 1.807) is 6.07 Å². The molecule has 118 valence electrons. The molecule has 0 aromatic carbocycles. The number of nitrogens with zero attached hydrogens (tertiary/aromatic N) is 2. The molecule has 0 aliphatic heterocycles. The minimum Gasteiger partial charge on any atom is -0.348 e. The Labute approximate surface area is 123 Å². The van der Waals surface area contributed by atoms with Gasteiger partial charge in [0.05, 0.1) is 0 Å². The highest BCUT2D eigenvalue weighted by Crippen LogP contribution is 2.23. The van der Waals surface area contributed by atoms with Crippen molar-refractivity contribution in [2.75, 3.05) is 18.0 Å². The van der Waals surface area contributed by atoms with E-state index in [9.17, 15) is 13.2 Å². The third kappa shape index (κ3) is 5.53. The molecule has 1 aromatic heterocycles. The van der Waals surface area contributed by atoms with E-state index in [0.29, 0.717) is 31.4 Å². The van der Waals surface area contributed by atoms with Gasteiger partial charge in [-0.25, -0.2) is 4.98 Å². The second-order valence-corrected chi connectivity index (χ2v) is 5.67. The van der Waals surface area contributed by atoms with Crippen LogP contribution in [0.25, 0.3) is 0 Å². The van der Waals surface area contributed by atoms with Gasteiger partial charge < -0.3 is 10.2 Å². The number of hydrogen-bond acceptors (Lipinski definition) is 3. The van der Waals surface area contributed by atoms with Crippen LogP contribution < -0.4 is 10.2 Å². The maximum Gasteiger partial charge on any atom is 0.405 e. The molecule has 3 nitrogen and oxygen atoms in total. The molecule has 0 saturated heterocycles. The molecule has 1 aliphatic carbocycles. The monoisotopic (exact) mass is 301 g/mol. The Bertz CT molecular complexity index is 470. The quantitative estimate of drug-likeness (QED) is 0.836. The zero-order chi connectivity index (χ0) is 15.5. The van der Waals surface area contributed by atoms with Gasteiger partial charge in [-0.1, -0.05) is 6.92 Å². The molecule has 0 spiro atoms. The van der Waals surface area contributed by atoms with Gasteiger partial charge in [0, 0.05) is 24.8 Å². The zero-order valence-corrected chi connectivity index (χ0v) is 12.5. The molecule has 0 unspecified atom stereocenters. The fourth-order valence-corrected chi connectivity index (χ4v) is 2.30. The SMILES string of the molecule is CCCN(CC(F)(F)F)c1cc(CNC2CC2)cc(C)n1. The summed E-state index contributed by atoms with van der Waals surface area (Å²) in [5.74, 6) is 0.418. The maximum atomic E-state index is 12.7. The predicted octanol–water partition coefficient (Wildman–Crippen LogP) is 3.42. The van der Waals surface area contributed by atoms with Gasteiger partial charge in [0.15, 0.2) is 0 Å². The van der Waals surface area contributed by atoms with Gasteiger partial charge in [-0.3, -0.25) is 0 Å². The van der Waals surface area contributed by atoms with Crippen LogP contribution in [-0.2, 0) is 6.54 Å². The first-order chi connectivity index (χ1) is 9.87. The molecule has 0 radical (unpaired) electrons. The molecular formula is C15H22F3N3. The van der Waals surface area contributed by atoms with Crippen LogP contribution in [0.2, 0.25) is 0 Å². The van der Waals surface area contributed by atoms with Crippen LogP contribution in [-0.4, -0.2) is 30.3 Å². The Kier molecular flexibility index (Phi) is 5.08. The van der Waals surface area contributed by atoms with Gasteiger partial charge in [0.1, 0.15) is 12.4 Å². The van der Waals surface area contributed by atoms with Crippen LogP contribution in [0.4, 0.5) is 19.0 Å². The summed E-state index contributed by atoms with van der Waals surface area (Å²) in [7, 11) is 0. The Morgan fingerprint density at radius 1 is 1.33 bits per heavy atom. The van der Waals surface area contributed by atoms with Crippen LogP contribution >= 0.6 is 0 Å². The number of alkyl halides is 3. The summed E-state index contributed by atoms with van der Waals surface area (Å²) in [6.07, 6.45) is -1.19. The molecule has 1 heterocycles. The average molecular weight is 301 g/mol. The van der Waals surface area contributed by atoms with Crippen LogP contribution in [0.5, 0.6) is 0 Å². The number of pyridine rings is 1. The first-order valence-electron chi connectivity index (χ1n) is 7.40. The number of anilines is 1. The molecule has 21 heavy (non-hydrogen) atoms. The standard InChI is InChI=1S/C15H22F3N3/c1-3-6-21(10-15(16,17)18)14-8-12(7-11(2)20-14)9-19-13-4-5-13/h7-8,13,19H,3-6,9-10H2,1-2H3. The summed E-state index contributed by atoms with van der Waals surface area (Å²) < 4.78 is 38.1. The molecule has 0 bridgehead atoms. The van der Waals surface area contributed by atoms with E-state index < -0.39 is 12.7 Å². The van der Waals surface area contributed by atoms with Crippen molar-refractivity contribution in [2.45, 2.75) is 51.9 Å². The van der Waals surface area contributed by atoms with Crippen LogP contribution in [0, 0.1) is 6.92 Å². The molecule has 1 aliphatic rings. The predicted molar refractivity (Wildman–Crippen MR) is 77.4 cm³/mol. The van der Waals surface area contributed by atoms with E-state index in [2.05, 4.69) is 10.3 Å². The van der Waals surface area contributed by atoms with Crippen molar-refractivity contribution in [2.24, 2.45) is 0 Å². The first-order valence-corrected chi connectivity index (χ1v) is 7.40. The third-order valence-corrected chi connectivity index (χ3v) is 3.36. The second-order valence-electron chi connectivity index (χ2n) is 5.67. The number of hydrogen-bond donors (Lipinski definition) is 1. The molecule has 2 rings (SSSR count). The number of rotatable bonds is 7. The molecule has 1 aromatic rings. The lowest BCUT2D eigenvalue weighted by molar-refractivity contribution is -0.119. The molecular weight excluding hydrogens is 279 g/mol. The van der Waals surface area contributed by atoms with Crippen molar-refractivity contribution in [3.63, 3.8) is 0 Å². The number of halogens is 3. The van der Waals surface area contributed by atoms with E-state index >= 15 is 0 Å². The van der Waals surface area contributed by atoms with Crippen molar-refractivity contribution in [1.29, 1.82) is 0 Å². The molecule has 0 amide bonds. The normalized spacial score (nSPS) is 15.3. The lowest BCUT2D eigenvalue weighted by Crippen LogP contribution is -2.35. The lowest BCUT2D eigenvalue weighted by atomic mass is 10.2. The summed E-state index contributed by atoms with van der Waals surface area (Å²) in [6, 6.07) is 4.27. The molecule has 1 N–H and O–H groups in total. The van der Waals surface area contributed by atoms with Crippen LogP contribution in [0.15, 0.2) is 12.1 Å². The van der Waals surface area contributed by atoms with Crippen molar-refractivity contribution in [3.05, 3.63) is 23.4 Å². The number of aryl methyl sites for hydroxylation is 1. The van der Waals surface area contributed by atoms with Gasteiger partial charge in [-0.2, -0.15) is 13.2 Å². The highest BCUT2D eigenvalue weighted by atomic mass is 19.4. The second kappa shape index (κ2) is 6.64. The summed E-state index contributed by atoms with van der Waals surface area (Å²) in [6.45, 7) is 3.78. The van der Waals surface area contributed by atoms with Crippen molar-refractivity contribution in [1.82, 2.24) is 10.3 Å². The minimum atomic E-state index is -4.22. The zero-order valence-electron chi connectivity index (χ0n) is 12.5. The average Bonchev–Trinajstić information content (AvgIpc) is 3.17. The molecule has 1 saturated carbocycles. The van der Waals surface area contributed by atoms with E-state index in [-0.39, 0.29) is 0 Å². The van der Waals surface area contributed by atoms with Crippen LogP contribution in [0.1, 0.15) is 37.4 Å². The Balaban J connectivity index is 2.13. The summed E-state index contributed by atoms with van der Waals surface area (Å²) >= 11 is 0. The van der Waals surface area contributed by atoms with Crippen molar-refractivity contribution in [3.8, 4) is 0 Å². The van der Waals surface area contributed by atoms with E-state index in [0.717, 1.165) is 11.3 Å². The minimum absolute atomic E-state index is 0.353. The smallest absolute Gasteiger partial charge is 0.348 e. The van der Waals surface area contributed by atoms with E-state index in [1.165, 1.54) is 17.7 Å². The van der Waals surface area contributed by atoms with Gasteiger partial charge in [0.25, 0.3) is 0 Å². The summed E-state index contributed by atoms with van der Waals surface area (Å²) in [5, 5.41) is 3.38. The molecule has 6 heteroatoms. The topological polar surface area (TPSA) is 28.2 Å². The van der Waals surface area contributed by atoms with Crippen molar-refractivity contribution >= 4 is 5.82 Å². The van der Waals surface area contributed by atoms with Crippen LogP contribution in [0.3, 0.4) is 0 Å². The summed E-state index contributed by atoms with van der Waals surface area (Å²) in [5.41, 5.74) is 1.75. The van der Waals surface area contributed by atoms with Gasteiger partial charge in [-0.05, 0) is 43.9 Å². The molecule has 0 atom stereocenters. The maximum absolute atomic E-state index is 12.7. The first kappa shape index (κ1) is 16.1. The van der Waals surface area contributed by atoms with E-state index in [4.69, 9.17) is 0 Å². The number of nitrogens with one attached hydrogen (secondary N) is 1. The third-order valence-electron chi connectivity index (χ3n) is 3.36. The van der Waals surface area contributed by atoms with Gasteiger partial charge in [0.2, 0.25) is 0 Å². The lowest BCUT2D eigenvalue weighted by Gasteiger charge is -2.25. The Morgan fingerprint density at radius 2 is 2.05 bits per heavy atom. The molecule has 1 fully saturated rings.